The zero-order chi connectivity index (χ0) is 14.3. The molecule has 0 aromatic carbocycles. The van der Waals surface area contributed by atoms with E-state index in [-0.39, 0.29) is 5.92 Å². The lowest BCUT2D eigenvalue weighted by Crippen LogP contribution is -2.49. The van der Waals surface area contributed by atoms with Gasteiger partial charge in [0.1, 0.15) is 6.04 Å². The van der Waals surface area contributed by atoms with Gasteiger partial charge in [0.05, 0.1) is 6.61 Å². The zero-order valence-corrected chi connectivity index (χ0v) is 11.6. The molecule has 1 aliphatic carbocycles. The molecule has 0 bridgehead atoms. The average Bonchev–Trinajstić information content (AvgIpc) is 3.18. The lowest BCUT2D eigenvalue weighted by Gasteiger charge is -2.20. The molecular weight excluding hydrogens is 248 g/mol. The van der Waals surface area contributed by atoms with E-state index in [1.165, 1.54) is 12.8 Å². The number of carbonyl (C=O) groups excluding carboxylic acids is 1. The topological polar surface area (TPSA) is 87.7 Å². The standard InChI is InChI=1S/C13H24N2O4/c1-3-9(2)11(12(16)17)15-13(18)14-6-7-19-8-10-4-5-10/h9-11H,3-8H2,1-2H3,(H,16,17)(H2,14,15,18)/t9?,11-/m0/s1. The molecule has 0 saturated heterocycles. The molecule has 1 rings (SSSR count). The number of hydrogen-bond donors (Lipinski definition) is 3. The van der Waals surface area contributed by atoms with Crippen molar-refractivity contribution >= 4 is 12.0 Å². The maximum atomic E-state index is 11.5. The van der Waals surface area contributed by atoms with Gasteiger partial charge in [-0.05, 0) is 24.7 Å². The second kappa shape index (κ2) is 7.99. The third-order valence-corrected chi connectivity index (χ3v) is 3.35. The van der Waals surface area contributed by atoms with Gasteiger partial charge in [0, 0.05) is 13.2 Å². The summed E-state index contributed by atoms with van der Waals surface area (Å²) in [5.41, 5.74) is 0. The fraction of sp³-hybridized carbons (Fsp3) is 0.846. The van der Waals surface area contributed by atoms with E-state index in [1.807, 2.05) is 6.92 Å². The van der Waals surface area contributed by atoms with E-state index in [1.54, 1.807) is 6.92 Å². The molecular formula is C13H24N2O4. The number of aliphatic carboxylic acids is 1. The Labute approximate surface area is 113 Å². The first-order valence-corrected chi connectivity index (χ1v) is 6.89. The summed E-state index contributed by atoms with van der Waals surface area (Å²) >= 11 is 0. The molecule has 3 N–H and O–H groups in total. The average molecular weight is 272 g/mol. The summed E-state index contributed by atoms with van der Waals surface area (Å²) in [5.74, 6) is -0.403. The molecule has 1 unspecified atom stereocenters. The third-order valence-electron chi connectivity index (χ3n) is 3.35. The van der Waals surface area contributed by atoms with Crippen LogP contribution >= 0.6 is 0 Å². The molecule has 1 saturated carbocycles. The van der Waals surface area contributed by atoms with Gasteiger partial charge in [-0.3, -0.25) is 0 Å². The largest absolute Gasteiger partial charge is 0.480 e. The number of nitrogens with one attached hydrogen (secondary N) is 2. The fourth-order valence-electron chi connectivity index (χ4n) is 1.65. The molecule has 0 aliphatic heterocycles. The van der Waals surface area contributed by atoms with Crippen LogP contribution in [0.4, 0.5) is 4.79 Å². The zero-order valence-electron chi connectivity index (χ0n) is 11.6. The monoisotopic (exact) mass is 272 g/mol. The van der Waals surface area contributed by atoms with Crippen molar-refractivity contribution < 1.29 is 19.4 Å². The Kier molecular flexibility index (Phi) is 6.62. The molecule has 0 aromatic rings. The minimum atomic E-state index is -1.01. The number of carboxylic acids is 1. The second-order valence-corrected chi connectivity index (χ2v) is 5.12. The first kappa shape index (κ1) is 15.8. The Morgan fingerprint density at radius 1 is 1.42 bits per heavy atom. The quantitative estimate of drug-likeness (QED) is 0.551. The van der Waals surface area contributed by atoms with E-state index in [4.69, 9.17) is 9.84 Å². The highest BCUT2D eigenvalue weighted by Crippen LogP contribution is 2.28. The Hall–Kier alpha value is -1.30. The van der Waals surface area contributed by atoms with E-state index in [0.717, 1.165) is 6.61 Å². The van der Waals surface area contributed by atoms with Crippen molar-refractivity contribution in [2.45, 2.75) is 39.2 Å². The minimum Gasteiger partial charge on any atom is -0.480 e. The number of carbonyl (C=O) groups is 2. The van der Waals surface area contributed by atoms with Crippen LogP contribution in [0.5, 0.6) is 0 Å². The molecule has 0 heterocycles. The van der Waals surface area contributed by atoms with Crippen LogP contribution in [0.15, 0.2) is 0 Å². The van der Waals surface area contributed by atoms with Crippen LogP contribution in [0.2, 0.25) is 0 Å². The van der Waals surface area contributed by atoms with E-state index >= 15 is 0 Å². The van der Waals surface area contributed by atoms with Crippen molar-refractivity contribution in [2.24, 2.45) is 11.8 Å². The highest BCUT2D eigenvalue weighted by molar-refractivity contribution is 5.82. The predicted molar refractivity (Wildman–Crippen MR) is 71.0 cm³/mol. The molecule has 6 nitrogen and oxygen atoms in total. The van der Waals surface area contributed by atoms with Crippen LogP contribution in [0.25, 0.3) is 0 Å². The normalized spacial score (nSPS) is 17.6. The molecule has 0 aromatic heterocycles. The predicted octanol–water partition coefficient (Wildman–Crippen LogP) is 1.21. The van der Waals surface area contributed by atoms with Gasteiger partial charge in [0.15, 0.2) is 0 Å². The summed E-state index contributed by atoms with van der Waals surface area (Å²) in [5, 5.41) is 14.1. The summed E-state index contributed by atoms with van der Waals surface area (Å²) in [6.45, 7) is 5.31. The molecule has 0 spiro atoms. The first-order valence-electron chi connectivity index (χ1n) is 6.89. The Morgan fingerprint density at radius 3 is 2.63 bits per heavy atom. The van der Waals surface area contributed by atoms with Crippen LogP contribution in [0.3, 0.4) is 0 Å². The van der Waals surface area contributed by atoms with Gasteiger partial charge in [0.25, 0.3) is 0 Å². The number of hydrogen-bond acceptors (Lipinski definition) is 3. The van der Waals surface area contributed by atoms with Crippen LogP contribution in [0.1, 0.15) is 33.1 Å². The Morgan fingerprint density at radius 2 is 2.11 bits per heavy atom. The molecule has 0 radical (unpaired) electrons. The van der Waals surface area contributed by atoms with Gasteiger partial charge < -0.3 is 20.5 Å². The lowest BCUT2D eigenvalue weighted by atomic mass is 9.99. The van der Waals surface area contributed by atoms with E-state index < -0.39 is 18.0 Å². The minimum absolute atomic E-state index is 0.102. The number of urea groups is 1. The molecule has 19 heavy (non-hydrogen) atoms. The number of carboxylic acid groups (broad SMARTS) is 1. The van der Waals surface area contributed by atoms with Crippen LogP contribution < -0.4 is 10.6 Å². The summed E-state index contributed by atoms with van der Waals surface area (Å²) in [6, 6.07) is -1.31. The lowest BCUT2D eigenvalue weighted by molar-refractivity contribution is -0.140. The van der Waals surface area contributed by atoms with Crippen molar-refractivity contribution in [2.75, 3.05) is 19.8 Å². The second-order valence-electron chi connectivity index (χ2n) is 5.12. The summed E-state index contributed by atoms with van der Waals surface area (Å²) < 4.78 is 5.37. The molecule has 110 valence electrons. The highest BCUT2D eigenvalue weighted by Gasteiger charge is 2.25. The van der Waals surface area contributed by atoms with Crippen molar-refractivity contribution in [1.29, 1.82) is 0 Å². The molecule has 1 aliphatic rings. The Balaban J connectivity index is 2.14. The third kappa shape index (κ3) is 6.42. The molecule has 6 heteroatoms. The SMILES string of the molecule is CCC(C)[C@H](NC(=O)NCCOCC1CC1)C(=O)O. The van der Waals surface area contributed by atoms with Gasteiger partial charge in [-0.15, -0.1) is 0 Å². The van der Waals surface area contributed by atoms with Crippen LogP contribution in [-0.4, -0.2) is 42.9 Å². The summed E-state index contributed by atoms with van der Waals surface area (Å²) in [4.78, 5) is 22.6. The number of amides is 2. The number of ether oxygens (including phenoxy) is 1. The van der Waals surface area contributed by atoms with Crippen molar-refractivity contribution in [3.05, 3.63) is 0 Å². The fourth-order valence-corrected chi connectivity index (χ4v) is 1.65. The maximum absolute atomic E-state index is 11.5. The van der Waals surface area contributed by atoms with E-state index in [9.17, 15) is 9.59 Å². The molecule has 2 amide bonds. The summed E-state index contributed by atoms with van der Waals surface area (Å²) in [7, 11) is 0. The molecule has 1 fully saturated rings. The van der Waals surface area contributed by atoms with Gasteiger partial charge in [-0.25, -0.2) is 9.59 Å². The number of rotatable bonds is 9. The van der Waals surface area contributed by atoms with Crippen LogP contribution in [-0.2, 0) is 9.53 Å². The summed E-state index contributed by atoms with van der Waals surface area (Å²) in [6.07, 6.45) is 3.17. The van der Waals surface area contributed by atoms with Gasteiger partial charge in [-0.2, -0.15) is 0 Å². The highest BCUT2D eigenvalue weighted by atomic mass is 16.5. The van der Waals surface area contributed by atoms with E-state index in [0.29, 0.717) is 25.5 Å². The van der Waals surface area contributed by atoms with Crippen molar-refractivity contribution in [3.8, 4) is 0 Å². The van der Waals surface area contributed by atoms with Crippen molar-refractivity contribution in [3.63, 3.8) is 0 Å². The van der Waals surface area contributed by atoms with Crippen molar-refractivity contribution in [1.82, 2.24) is 10.6 Å². The Bertz CT molecular complexity index is 305. The maximum Gasteiger partial charge on any atom is 0.326 e. The van der Waals surface area contributed by atoms with E-state index in [2.05, 4.69) is 10.6 Å². The van der Waals surface area contributed by atoms with Gasteiger partial charge in [-0.1, -0.05) is 20.3 Å². The first-order chi connectivity index (χ1) is 9.04. The van der Waals surface area contributed by atoms with Crippen LogP contribution in [0, 0.1) is 11.8 Å². The van der Waals surface area contributed by atoms with Gasteiger partial charge in [0.2, 0.25) is 0 Å². The molecule has 2 atom stereocenters. The smallest absolute Gasteiger partial charge is 0.326 e. The van der Waals surface area contributed by atoms with Gasteiger partial charge >= 0.3 is 12.0 Å².